The summed E-state index contributed by atoms with van der Waals surface area (Å²) in [5, 5.41) is 1.12. The molecule has 0 spiro atoms. The monoisotopic (exact) mass is 471 g/mol. The lowest BCUT2D eigenvalue weighted by Gasteiger charge is -2.24. The van der Waals surface area contributed by atoms with Gasteiger partial charge < -0.3 is 0 Å². The van der Waals surface area contributed by atoms with Crippen molar-refractivity contribution in [3.05, 3.63) is 59.7 Å². The molecule has 1 saturated heterocycles. The minimum atomic E-state index is -4.48. The lowest BCUT2D eigenvalue weighted by molar-refractivity contribution is -0.131. The summed E-state index contributed by atoms with van der Waals surface area (Å²) in [4.78, 5) is -0.0748. The smallest absolute Gasteiger partial charge is 0.256 e. The van der Waals surface area contributed by atoms with Crippen LogP contribution in [0.15, 0.2) is 53.4 Å². The fourth-order valence-electron chi connectivity index (χ4n) is 3.34. The zero-order valence-corrected chi connectivity index (χ0v) is 18.0. The van der Waals surface area contributed by atoms with Gasteiger partial charge in [-0.15, -0.1) is 11.3 Å². The predicted molar refractivity (Wildman–Crippen MR) is 113 cm³/mol. The summed E-state index contributed by atoms with van der Waals surface area (Å²) >= 11 is 1.17. The number of halogens is 3. The fraction of sp³-hybridized carbons (Fsp3) is 0.263. The van der Waals surface area contributed by atoms with E-state index in [1.807, 2.05) is 24.3 Å². The molecular formula is C19H20F3N5O2S2. The third-order valence-electron chi connectivity index (χ3n) is 4.94. The van der Waals surface area contributed by atoms with Gasteiger partial charge in [-0.25, -0.2) is 19.3 Å². The maximum Gasteiger partial charge on any atom is 0.390 e. The summed E-state index contributed by atoms with van der Waals surface area (Å²) in [5.74, 6) is 0. The Morgan fingerprint density at radius 3 is 2.29 bits per heavy atom. The third-order valence-corrected chi connectivity index (χ3v) is 8.17. The van der Waals surface area contributed by atoms with Crippen molar-refractivity contribution in [2.45, 2.75) is 30.6 Å². The summed E-state index contributed by atoms with van der Waals surface area (Å²) < 4.78 is 67.6. The minimum Gasteiger partial charge on any atom is -0.256 e. The summed E-state index contributed by atoms with van der Waals surface area (Å²) in [6.45, 7) is 1.03. The fourth-order valence-corrected chi connectivity index (χ4v) is 6.31. The molecule has 0 aliphatic carbocycles. The average molecular weight is 472 g/mol. The molecule has 1 fully saturated rings. The third kappa shape index (κ3) is 4.54. The van der Waals surface area contributed by atoms with E-state index < -0.39 is 29.2 Å². The van der Waals surface area contributed by atoms with Gasteiger partial charge >= 0.3 is 6.18 Å². The molecule has 2 aromatic carbocycles. The zero-order chi connectivity index (χ0) is 22.2. The maximum atomic E-state index is 13.4. The Labute approximate surface area is 181 Å². The number of hydrazine groups is 3. The molecule has 12 heteroatoms. The SMILES string of the molecule is Cc1c(N(CCC(F)(F)F)S(=O)(=O)c2ccc(C3NNNN3)cc2)sc2ccccc12. The Morgan fingerprint density at radius 2 is 1.68 bits per heavy atom. The lowest BCUT2D eigenvalue weighted by Crippen LogP contribution is -2.34. The van der Waals surface area contributed by atoms with E-state index in [1.54, 1.807) is 19.1 Å². The first kappa shape index (κ1) is 22.0. The van der Waals surface area contributed by atoms with Crippen LogP contribution in [0.5, 0.6) is 0 Å². The molecule has 4 rings (SSSR count). The number of sulfonamides is 1. The number of thiophene rings is 1. The van der Waals surface area contributed by atoms with Crippen molar-refractivity contribution < 1.29 is 21.6 Å². The minimum absolute atomic E-state index is 0.0748. The van der Waals surface area contributed by atoms with Gasteiger partial charge in [-0.1, -0.05) is 30.3 Å². The number of fused-ring (bicyclic) bond motifs is 1. The highest BCUT2D eigenvalue weighted by Crippen LogP contribution is 2.40. The number of nitrogens with one attached hydrogen (secondary N) is 4. The second kappa shape index (κ2) is 8.37. The summed E-state index contributed by atoms with van der Waals surface area (Å²) in [5.41, 5.74) is 12.5. The van der Waals surface area contributed by atoms with Crippen molar-refractivity contribution >= 4 is 36.4 Å². The first-order valence-electron chi connectivity index (χ1n) is 9.35. The van der Waals surface area contributed by atoms with Crippen LogP contribution in [0.2, 0.25) is 0 Å². The van der Waals surface area contributed by atoms with Crippen LogP contribution >= 0.6 is 11.3 Å². The molecule has 0 saturated carbocycles. The molecule has 0 bridgehead atoms. The van der Waals surface area contributed by atoms with Gasteiger partial charge in [0.05, 0.1) is 11.3 Å². The van der Waals surface area contributed by atoms with Gasteiger partial charge in [0.25, 0.3) is 10.0 Å². The van der Waals surface area contributed by atoms with Crippen LogP contribution in [0.25, 0.3) is 10.1 Å². The average Bonchev–Trinajstić information content (AvgIpc) is 3.37. The number of rotatable bonds is 6. The second-order valence-corrected chi connectivity index (χ2v) is 9.90. The predicted octanol–water partition coefficient (Wildman–Crippen LogP) is 3.47. The largest absolute Gasteiger partial charge is 0.390 e. The van der Waals surface area contributed by atoms with Crippen LogP contribution < -0.4 is 26.2 Å². The van der Waals surface area contributed by atoms with E-state index in [-0.39, 0.29) is 11.1 Å². The Kier molecular flexibility index (Phi) is 5.94. The molecule has 3 aromatic rings. The molecule has 7 nitrogen and oxygen atoms in total. The number of nitrogens with zero attached hydrogens (tertiary/aromatic N) is 1. The van der Waals surface area contributed by atoms with Crippen molar-refractivity contribution in [3.63, 3.8) is 0 Å². The van der Waals surface area contributed by atoms with Gasteiger partial charge in [-0.3, -0.25) is 4.31 Å². The molecule has 1 aliphatic heterocycles. The molecule has 1 aliphatic rings. The zero-order valence-electron chi connectivity index (χ0n) is 16.3. The number of alkyl halides is 3. The summed E-state index contributed by atoms with van der Waals surface area (Å²) in [6.07, 6.45) is -6.02. The van der Waals surface area contributed by atoms with Crippen LogP contribution in [-0.2, 0) is 10.0 Å². The number of benzene rings is 2. The lowest BCUT2D eigenvalue weighted by atomic mass is 10.2. The van der Waals surface area contributed by atoms with Crippen LogP contribution in [0, 0.1) is 6.92 Å². The van der Waals surface area contributed by atoms with E-state index in [1.165, 1.54) is 23.5 Å². The first-order chi connectivity index (χ1) is 14.7. The quantitative estimate of drug-likeness (QED) is 0.441. The normalized spacial score (nSPS) is 15.6. The van der Waals surface area contributed by atoms with Crippen molar-refractivity contribution in [2.24, 2.45) is 0 Å². The Balaban J connectivity index is 1.73. The highest BCUT2D eigenvalue weighted by Gasteiger charge is 2.34. The van der Waals surface area contributed by atoms with Crippen LogP contribution in [0.1, 0.15) is 23.7 Å². The van der Waals surface area contributed by atoms with Crippen molar-refractivity contribution in [1.82, 2.24) is 21.9 Å². The first-order valence-corrected chi connectivity index (χ1v) is 11.6. The van der Waals surface area contributed by atoms with E-state index in [0.29, 0.717) is 10.6 Å². The van der Waals surface area contributed by atoms with Crippen molar-refractivity contribution in [3.8, 4) is 0 Å². The van der Waals surface area contributed by atoms with E-state index in [0.717, 1.165) is 20.0 Å². The summed E-state index contributed by atoms with van der Waals surface area (Å²) in [7, 11) is -4.22. The molecule has 2 heterocycles. The molecule has 0 amide bonds. The van der Waals surface area contributed by atoms with E-state index >= 15 is 0 Å². The van der Waals surface area contributed by atoms with Crippen LogP contribution in [-0.4, -0.2) is 21.1 Å². The molecule has 0 radical (unpaired) electrons. The standard InChI is InChI=1S/C19H20F3N5O2S2/c1-12-15-4-2-3-5-16(15)30-18(12)27(11-10-19(20,21)22)31(28,29)14-8-6-13(7-9-14)17-23-25-26-24-17/h2-9,17,23-26H,10-11H2,1H3. The number of hydrogen-bond donors (Lipinski definition) is 4. The Morgan fingerprint density at radius 1 is 1.03 bits per heavy atom. The Bertz CT molecular complexity index is 1170. The van der Waals surface area contributed by atoms with E-state index in [9.17, 15) is 21.6 Å². The van der Waals surface area contributed by atoms with Gasteiger partial charge in [0, 0.05) is 11.2 Å². The van der Waals surface area contributed by atoms with Gasteiger partial charge in [0.2, 0.25) is 0 Å². The topological polar surface area (TPSA) is 85.5 Å². The number of anilines is 1. The van der Waals surface area contributed by atoms with Crippen LogP contribution in [0.3, 0.4) is 0 Å². The molecule has 166 valence electrons. The van der Waals surface area contributed by atoms with Crippen molar-refractivity contribution in [1.29, 1.82) is 0 Å². The van der Waals surface area contributed by atoms with E-state index in [4.69, 9.17) is 0 Å². The molecular weight excluding hydrogens is 451 g/mol. The highest BCUT2D eigenvalue weighted by molar-refractivity contribution is 7.93. The van der Waals surface area contributed by atoms with Crippen molar-refractivity contribution in [2.75, 3.05) is 10.8 Å². The van der Waals surface area contributed by atoms with Gasteiger partial charge in [0.15, 0.2) is 0 Å². The molecule has 31 heavy (non-hydrogen) atoms. The Hall–Kier alpha value is -2.22. The van der Waals surface area contributed by atoms with E-state index in [2.05, 4.69) is 21.9 Å². The highest BCUT2D eigenvalue weighted by atomic mass is 32.2. The number of hydrogen-bond acceptors (Lipinski definition) is 7. The number of aryl methyl sites for hydroxylation is 1. The van der Waals surface area contributed by atoms with Gasteiger partial charge in [-0.2, -0.15) is 24.2 Å². The second-order valence-electron chi connectivity index (χ2n) is 7.01. The van der Waals surface area contributed by atoms with Crippen LogP contribution in [0.4, 0.5) is 18.2 Å². The van der Waals surface area contributed by atoms with Gasteiger partial charge in [0.1, 0.15) is 11.2 Å². The molecule has 4 N–H and O–H groups in total. The molecule has 0 unspecified atom stereocenters. The summed E-state index contributed by atoms with van der Waals surface area (Å²) in [6, 6.07) is 13.3. The van der Waals surface area contributed by atoms with Gasteiger partial charge in [-0.05, 0) is 41.6 Å². The molecule has 1 aromatic heterocycles. The maximum absolute atomic E-state index is 13.4. The molecule has 0 atom stereocenters.